The second kappa shape index (κ2) is 8.41. The van der Waals surface area contributed by atoms with Crippen LogP contribution in [-0.2, 0) is 19.1 Å². The molecule has 4 amide bonds. The molecule has 152 valence electrons. The van der Waals surface area contributed by atoms with Gasteiger partial charge in [-0.1, -0.05) is 26.0 Å². The first kappa shape index (κ1) is 21.4. The summed E-state index contributed by atoms with van der Waals surface area (Å²) in [6.45, 7) is 8.70. The van der Waals surface area contributed by atoms with Crippen molar-refractivity contribution in [2.45, 2.75) is 58.6 Å². The van der Waals surface area contributed by atoms with Gasteiger partial charge in [-0.25, -0.2) is 4.79 Å². The number of urea groups is 1. The zero-order valence-corrected chi connectivity index (χ0v) is 16.9. The van der Waals surface area contributed by atoms with Crippen molar-refractivity contribution in [3.8, 4) is 0 Å². The van der Waals surface area contributed by atoms with E-state index in [9.17, 15) is 19.2 Å². The summed E-state index contributed by atoms with van der Waals surface area (Å²) in [4.78, 5) is 49.0. The molecular weight excluding hydrogens is 362 g/mol. The Morgan fingerprint density at radius 1 is 1.14 bits per heavy atom. The fraction of sp³-hybridized carbons (Fsp3) is 0.500. The maximum absolute atomic E-state index is 12.2. The highest BCUT2D eigenvalue weighted by Gasteiger charge is 2.44. The minimum absolute atomic E-state index is 0.0993. The number of hydrogen-bond donors (Lipinski definition) is 2. The largest absolute Gasteiger partial charge is 0.452 e. The molecule has 1 aromatic rings. The first-order valence-electron chi connectivity index (χ1n) is 9.25. The van der Waals surface area contributed by atoms with Crippen LogP contribution in [0.15, 0.2) is 24.3 Å². The van der Waals surface area contributed by atoms with Crippen molar-refractivity contribution in [3.05, 3.63) is 29.8 Å². The van der Waals surface area contributed by atoms with Crippen molar-refractivity contribution in [2.24, 2.45) is 0 Å². The summed E-state index contributed by atoms with van der Waals surface area (Å²) in [6, 6.07) is 6.90. The lowest BCUT2D eigenvalue weighted by Crippen LogP contribution is -2.40. The molecule has 1 heterocycles. The van der Waals surface area contributed by atoms with Gasteiger partial charge in [-0.15, -0.1) is 0 Å². The second-order valence-corrected chi connectivity index (χ2v) is 7.66. The minimum Gasteiger partial charge on any atom is -0.452 e. The number of esters is 1. The van der Waals surface area contributed by atoms with Crippen molar-refractivity contribution in [1.29, 1.82) is 0 Å². The smallest absolute Gasteiger partial charge is 0.325 e. The van der Waals surface area contributed by atoms with Crippen LogP contribution in [-0.4, -0.2) is 46.9 Å². The molecule has 0 saturated carbocycles. The van der Waals surface area contributed by atoms with Gasteiger partial charge in [0.25, 0.3) is 11.8 Å². The van der Waals surface area contributed by atoms with Crippen molar-refractivity contribution in [1.82, 2.24) is 10.2 Å². The molecule has 8 nitrogen and oxygen atoms in total. The van der Waals surface area contributed by atoms with Gasteiger partial charge < -0.3 is 15.4 Å². The van der Waals surface area contributed by atoms with E-state index in [1.165, 1.54) is 6.92 Å². The zero-order valence-electron chi connectivity index (χ0n) is 16.9. The Balaban J connectivity index is 1.82. The van der Waals surface area contributed by atoms with E-state index in [1.807, 2.05) is 12.1 Å². The molecule has 0 radical (unpaired) electrons. The van der Waals surface area contributed by atoms with Crippen molar-refractivity contribution in [3.63, 3.8) is 0 Å². The molecule has 0 bridgehead atoms. The number of imide groups is 1. The van der Waals surface area contributed by atoms with Gasteiger partial charge in [-0.05, 0) is 44.4 Å². The number of carbonyl (C=O) groups excluding carboxylic acids is 4. The van der Waals surface area contributed by atoms with Crippen LogP contribution in [0.1, 0.15) is 52.5 Å². The third-order valence-electron chi connectivity index (χ3n) is 4.51. The molecule has 1 aromatic carbocycles. The standard InChI is InChI=1S/C20H27N3O5/c1-12(2)14-6-8-15(9-7-14)21-17(25)13(3)28-16(24)10-11-23-18(26)20(4,5)22-19(23)27/h6-9,12-13H,10-11H2,1-5H3,(H,21,25)(H,22,27)/t13-/m1/s1. The molecule has 8 heteroatoms. The molecule has 2 N–H and O–H groups in total. The average Bonchev–Trinajstić information content (AvgIpc) is 2.80. The Kier molecular flexibility index (Phi) is 6.43. The number of benzene rings is 1. The summed E-state index contributed by atoms with van der Waals surface area (Å²) in [5, 5.41) is 5.23. The van der Waals surface area contributed by atoms with Gasteiger partial charge in [0.15, 0.2) is 6.10 Å². The maximum Gasteiger partial charge on any atom is 0.325 e. The van der Waals surface area contributed by atoms with Crippen LogP contribution in [0.4, 0.5) is 10.5 Å². The fourth-order valence-electron chi connectivity index (χ4n) is 2.73. The van der Waals surface area contributed by atoms with Crippen LogP contribution in [0, 0.1) is 0 Å². The van der Waals surface area contributed by atoms with Crippen LogP contribution in [0.2, 0.25) is 0 Å². The highest BCUT2D eigenvalue weighted by atomic mass is 16.5. The van der Waals surface area contributed by atoms with E-state index in [2.05, 4.69) is 24.5 Å². The number of rotatable bonds is 7. The molecule has 1 saturated heterocycles. The third kappa shape index (κ3) is 5.09. The Labute approximate surface area is 164 Å². The van der Waals surface area contributed by atoms with Gasteiger partial charge in [0.05, 0.1) is 6.42 Å². The number of ether oxygens (including phenoxy) is 1. The van der Waals surface area contributed by atoms with Gasteiger partial charge in [-0.3, -0.25) is 19.3 Å². The lowest BCUT2D eigenvalue weighted by Gasteiger charge is -2.17. The Morgan fingerprint density at radius 2 is 1.75 bits per heavy atom. The number of nitrogens with zero attached hydrogens (tertiary/aromatic N) is 1. The van der Waals surface area contributed by atoms with Crippen molar-refractivity contribution in [2.75, 3.05) is 11.9 Å². The van der Waals surface area contributed by atoms with Crippen molar-refractivity contribution < 1.29 is 23.9 Å². The fourth-order valence-corrected chi connectivity index (χ4v) is 2.73. The summed E-state index contributed by atoms with van der Waals surface area (Å²) in [5.74, 6) is -1.13. The number of carbonyl (C=O) groups is 4. The highest BCUT2D eigenvalue weighted by Crippen LogP contribution is 2.18. The monoisotopic (exact) mass is 389 g/mol. The molecule has 0 unspecified atom stereocenters. The Morgan fingerprint density at radius 3 is 2.25 bits per heavy atom. The molecule has 1 aliphatic heterocycles. The average molecular weight is 389 g/mol. The van der Waals surface area contributed by atoms with E-state index >= 15 is 0 Å². The zero-order chi connectivity index (χ0) is 21.1. The predicted molar refractivity (Wildman–Crippen MR) is 104 cm³/mol. The van der Waals surface area contributed by atoms with Gasteiger partial charge in [0.1, 0.15) is 5.54 Å². The van der Waals surface area contributed by atoms with Gasteiger partial charge in [0, 0.05) is 12.2 Å². The molecule has 1 fully saturated rings. The van der Waals surface area contributed by atoms with E-state index in [4.69, 9.17) is 4.74 Å². The topological polar surface area (TPSA) is 105 Å². The van der Waals surface area contributed by atoms with Gasteiger partial charge >= 0.3 is 12.0 Å². The van der Waals surface area contributed by atoms with Gasteiger partial charge in [-0.2, -0.15) is 0 Å². The van der Waals surface area contributed by atoms with Crippen LogP contribution in [0.25, 0.3) is 0 Å². The molecule has 0 aromatic heterocycles. The quantitative estimate of drug-likeness (QED) is 0.550. The predicted octanol–water partition coefficient (Wildman–Crippen LogP) is 2.40. The van der Waals surface area contributed by atoms with E-state index < -0.39 is 35.5 Å². The van der Waals surface area contributed by atoms with Crippen LogP contribution in [0.5, 0.6) is 0 Å². The van der Waals surface area contributed by atoms with E-state index in [0.29, 0.717) is 11.6 Å². The Bertz CT molecular complexity index is 771. The number of anilines is 1. The van der Waals surface area contributed by atoms with Crippen LogP contribution in [0.3, 0.4) is 0 Å². The molecule has 1 aliphatic rings. The maximum atomic E-state index is 12.2. The number of amides is 4. The third-order valence-corrected chi connectivity index (χ3v) is 4.51. The van der Waals surface area contributed by atoms with Crippen LogP contribution < -0.4 is 10.6 Å². The van der Waals surface area contributed by atoms with E-state index in [1.54, 1.807) is 26.0 Å². The highest BCUT2D eigenvalue weighted by molar-refractivity contribution is 6.06. The molecule has 28 heavy (non-hydrogen) atoms. The molecule has 0 spiro atoms. The summed E-state index contributed by atoms with van der Waals surface area (Å²) in [5.41, 5.74) is 0.777. The number of hydrogen-bond acceptors (Lipinski definition) is 5. The first-order valence-corrected chi connectivity index (χ1v) is 9.25. The normalized spacial score (nSPS) is 16.7. The number of nitrogens with one attached hydrogen (secondary N) is 2. The summed E-state index contributed by atoms with van der Waals surface area (Å²) in [6.07, 6.45) is -1.19. The lowest BCUT2D eigenvalue weighted by atomic mass is 10.0. The van der Waals surface area contributed by atoms with Crippen LogP contribution >= 0.6 is 0 Å². The lowest BCUT2D eigenvalue weighted by molar-refractivity contribution is -0.153. The molecule has 0 aliphatic carbocycles. The minimum atomic E-state index is -1.00. The second-order valence-electron chi connectivity index (χ2n) is 7.66. The summed E-state index contributed by atoms with van der Waals surface area (Å²) < 4.78 is 5.11. The van der Waals surface area contributed by atoms with E-state index in [0.717, 1.165) is 10.5 Å². The summed E-state index contributed by atoms with van der Waals surface area (Å²) in [7, 11) is 0. The van der Waals surface area contributed by atoms with Gasteiger partial charge in [0.2, 0.25) is 0 Å². The molecule has 2 rings (SSSR count). The molecule has 1 atom stereocenters. The summed E-state index contributed by atoms with van der Waals surface area (Å²) >= 11 is 0. The SMILES string of the molecule is CC(C)c1ccc(NC(=O)[C@@H](C)OC(=O)CCN2C(=O)NC(C)(C)C2=O)cc1. The van der Waals surface area contributed by atoms with Crippen molar-refractivity contribution >= 4 is 29.5 Å². The Hall–Kier alpha value is -2.90. The van der Waals surface area contributed by atoms with E-state index in [-0.39, 0.29) is 13.0 Å². The molecular formula is C20H27N3O5. The first-order chi connectivity index (χ1) is 13.0.